The number of aromatic nitrogens is 2. The number of hydrogen-bond donors (Lipinski definition) is 2. The summed E-state index contributed by atoms with van der Waals surface area (Å²) in [5.74, 6) is -4.21. The summed E-state index contributed by atoms with van der Waals surface area (Å²) in [5, 5.41) is 10.8. The second kappa shape index (κ2) is 9.46. The van der Waals surface area contributed by atoms with Crippen LogP contribution < -0.4 is 5.32 Å². The van der Waals surface area contributed by atoms with Gasteiger partial charge in [-0.15, -0.1) is 0 Å². The number of pyridine rings is 2. The van der Waals surface area contributed by atoms with Gasteiger partial charge >= 0.3 is 0 Å². The predicted molar refractivity (Wildman–Crippen MR) is 126 cm³/mol. The van der Waals surface area contributed by atoms with Crippen LogP contribution in [0.1, 0.15) is 34.8 Å². The summed E-state index contributed by atoms with van der Waals surface area (Å²) < 4.78 is 27.6. The highest BCUT2D eigenvalue weighted by molar-refractivity contribution is 6.07. The van der Waals surface area contributed by atoms with Crippen LogP contribution in [0.2, 0.25) is 0 Å². The monoisotopic (exact) mass is 463 g/mol. The third-order valence-corrected chi connectivity index (χ3v) is 5.67. The van der Waals surface area contributed by atoms with Crippen molar-refractivity contribution in [2.45, 2.75) is 25.3 Å². The Bertz CT molecular complexity index is 1280. The molecule has 3 heterocycles. The van der Waals surface area contributed by atoms with E-state index in [0.717, 1.165) is 16.0 Å². The van der Waals surface area contributed by atoms with Gasteiger partial charge in [0.15, 0.2) is 0 Å². The van der Waals surface area contributed by atoms with Gasteiger partial charge in [-0.2, -0.15) is 0 Å². The molecule has 1 fully saturated rings. The van der Waals surface area contributed by atoms with Crippen molar-refractivity contribution in [3.8, 4) is 0 Å². The minimum Gasteiger partial charge on any atom is -0.343 e. The number of halogens is 2. The van der Waals surface area contributed by atoms with E-state index in [2.05, 4.69) is 15.3 Å². The molecule has 9 heteroatoms. The highest BCUT2D eigenvalue weighted by atomic mass is 19.3. The number of hydrogen-bond acceptors (Lipinski definition) is 5. The lowest BCUT2D eigenvalue weighted by atomic mass is 10.0. The van der Waals surface area contributed by atoms with Gasteiger partial charge in [0.1, 0.15) is 0 Å². The molecule has 1 aliphatic heterocycles. The minimum absolute atomic E-state index is 0.00988. The molecule has 1 aromatic carbocycles. The van der Waals surface area contributed by atoms with Crippen molar-refractivity contribution < 1.29 is 18.4 Å². The first-order valence-corrected chi connectivity index (χ1v) is 10.7. The van der Waals surface area contributed by atoms with Crippen LogP contribution in [0, 0.1) is 5.41 Å². The summed E-state index contributed by atoms with van der Waals surface area (Å²) in [6.07, 6.45) is 8.14. The Morgan fingerprint density at radius 3 is 2.62 bits per heavy atom. The van der Waals surface area contributed by atoms with Crippen LogP contribution in [0.3, 0.4) is 0 Å². The summed E-state index contributed by atoms with van der Waals surface area (Å²) in [7, 11) is 0. The molecule has 1 saturated heterocycles. The molecule has 0 unspecified atom stereocenters. The van der Waals surface area contributed by atoms with Crippen LogP contribution >= 0.6 is 0 Å². The summed E-state index contributed by atoms with van der Waals surface area (Å²) in [4.78, 5) is 34.7. The van der Waals surface area contributed by atoms with E-state index in [0.29, 0.717) is 16.5 Å². The third-order valence-electron chi connectivity index (χ3n) is 5.67. The largest absolute Gasteiger partial charge is 0.343 e. The number of amides is 2. The maximum atomic E-state index is 13.8. The van der Waals surface area contributed by atoms with Gasteiger partial charge in [0.25, 0.3) is 11.8 Å². The van der Waals surface area contributed by atoms with E-state index in [9.17, 15) is 18.4 Å². The fourth-order valence-electron chi connectivity index (χ4n) is 3.95. The number of nitrogens with zero attached hydrogens (tertiary/aromatic N) is 3. The first-order chi connectivity index (χ1) is 16.2. The van der Waals surface area contributed by atoms with E-state index in [1.165, 1.54) is 13.1 Å². The van der Waals surface area contributed by atoms with Gasteiger partial charge < -0.3 is 15.6 Å². The highest BCUT2D eigenvalue weighted by Gasteiger charge is 2.47. The SMILES string of the molecule is CC(=N)[C@@H]1CC(F)(F)CN1C(=O)CNC(=O)c1ccnc2ccc(/C=C/c3ccncc3)cc12. The molecule has 0 radical (unpaired) electrons. The Kier molecular flexibility index (Phi) is 6.45. The van der Waals surface area contributed by atoms with Crippen LogP contribution in [-0.2, 0) is 4.79 Å². The van der Waals surface area contributed by atoms with Crippen LogP contribution in [-0.4, -0.2) is 57.4 Å². The average Bonchev–Trinajstić information content (AvgIpc) is 3.17. The van der Waals surface area contributed by atoms with Gasteiger partial charge in [0.2, 0.25) is 5.91 Å². The standard InChI is InChI=1S/C25H23F2N5O2/c1-16(28)22-13-25(26,27)15-32(22)23(33)14-31-24(34)19-8-11-30-21-5-4-18(12-20(19)21)3-2-17-6-9-29-10-7-17/h2-12,22,28H,13-15H2,1H3,(H,31,34)/b3-2+,28-16?/t22-/m0/s1. The molecule has 174 valence electrons. The molecule has 2 aromatic heterocycles. The van der Waals surface area contributed by atoms with E-state index in [1.807, 2.05) is 36.4 Å². The first kappa shape index (κ1) is 23.2. The zero-order valence-electron chi connectivity index (χ0n) is 18.5. The summed E-state index contributed by atoms with van der Waals surface area (Å²) >= 11 is 0. The lowest BCUT2D eigenvalue weighted by Gasteiger charge is -2.23. The Balaban J connectivity index is 1.50. The van der Waals surface area contributed by atoms with Crippen LogP contribution in [0.25, 0.3) is 23.1 Å². The Labute approximate surface area is 195 Å². The van der Waals surface area contributed by atoms with Crippen molar-refractivity contribution in [3.63, 3.8) is 0 Å². The number of rotatable bonds is 6. The van der Waals surface area contributed by atoms with E-state index in [1.54, 1.807) is 24.5 Å². The van der Waals surface area contributed by atoms with Crippen LogP contribution in [0.4, 0.5) is 8.78 Å². The van der Waals surface area contributed by atoms with E-state index in [-0.39, 0.29) is 5.71 Å². The van der Waals surface area contributed by atoms with Gasteiger partial charge in [-0.1, -0.05) is 18.2 Å². The van der Waals surface area contributed by atoms with Gasteiger partial charge in [-0.3, -0.25) is 19.6 Å². The maximum absolute atomic E-state index is 13.8. The molecule has 34 heavy (non-hydrogen) atoms. The molecule has 0 spiro atoms. The Morgan fingerprint density at radius 1 is 1.15 bits per heavy atom. The van der Waals surface area contributed by atoms with Crippen molar-refractivity contribution >= 4 is 40.6 Å². The predicted octanol–water partition coefficient (Wildman–Crippen LogP) is 3.81. The average molecular weight is 463 g/mol. The molecule has 0 aliphatic carbocycles. The summed E-state index contributed by atoms with van der Waals surface area (Å²) in [6.45, 7) is 0.201. The molecule has 0 bridgehead atoms. The Hall–Kier alpha value is -4.01. The summed E-state index contributed by atoms with van der Waals surface area (Å²) in [6, 6.07) is 9.83. The van der Waals surface area contributed by atoms with Gasteiger partial charge in [0.05, 0.1) is 30.2 Å². The van der Waals surface area contributed by atoms with Crippen molar-refractivity contribution in [3.05, 3.63) is 71.7 Å². The van der Waals surface area contributed by atoms with Gasteiger partial charge in [-0.05, 0) is 48.4 Å². The lowest BCUT2D eigenvalue weighted by Crippen LogP contribution is -2.45. The van der Waals surface area contributed by atoms with Crippen molar-refractivity contribution in [2.75, 3.05) is 13.1 Å². The molecule has 2 amide bonds. The number of fused-ring (bicyclic) bond motifs is 1. The van der Waals surface area contributed by atoms with Crippen LogP contribution in [0.5, 0.6) is 0 Å². The lowest BCUT2D eigenvalue weighted by molar-refractivity contribution is -0.131. The normalized spacial score (nSPS) is 17.3. The fourth-order valence-corrected chi connectivity index (χ4v) is 3.95. The number of alkyl halides is 2. The van der Waals surface area contributed by atoms with E-state index >= 15 is 0 Å². The second-order valence-corrected chi connectivity index (χ2v) is 8.21. The zero-order chi connectivity index (χ0) is 24.3. The molecule has 2 N–H and O–H groups in total. The third kappa shape index (κ3) is 5.14. The van der Waals surface area contributed by atoms with E-state index in [4.69, 9.17) is 5.41 Å². The molecular weight excluding hydrogens is 440 g/mol. The number of likely N-dealkylation sites (tertiary alicyclic amines) is 1. The molecule has 1 atom stereocenters. The smallest absolute Gasteiger partial charge is 0.267 e. The topological polar surface area (TPSA) is 99.0 Å². The quantitative estimate of drug-likeness (QED) is 0.543. The van der Waals surface area contributed by atoms with Gasteiger partial charge in [0, 0.05) is 36.1 Å². The molecule has 0 saturated carbocycles. The van der Waals surface area contributed by atoms with Crippen molar-refractivity contribution in [1.29, 1.82) is 5.41 Å². The number of benzene rings is 1. The first-order valence-electron chi connectivity index (χ1n) is 10.7. The molecule has 4 rings (SSSR count). The number of carbonyl (C=O) groups is 2. The number of nitrogens with one attached hydrogen (secondary N) is 2. The maximum Gasteiger partial charge on any atom is 0.267 e. The highest BCUT2D eigenvalue weighted by Crippen LogP contribution is 2.32. The molecule has 3 aromatic rings. The molecule has 7 nitrogen and oxygen atoms in total. The molecular formula is C25H23F2N5O2. The summed E-state index contributed by atoms with van der Waals surface area (Å²) in [5.41, 5.74) is 2.75. The van der Waals surface area contributed by atoms with Gasteiger partial charge in [-0.25, -0.2) is 8.78 Å². The van der Waals surface area contributed by atoms with Crippen molar-refractivity contribution in [1.82, 2.24) is 20.2 Å². The second-order valence-electron chi connectivity index (χ2n) is 8.21. The minimum atomic E-state index is -3.05. The van der Waals surface area contributed by atoms with Crippen molar-refractivity contribution in [2.24, 2.45) is 0 Å². The zero-order valence-corrected chi connectivity index (χ0v) is 18.5. The molecule has 1 aliphatic rings. The fraction of sp³-hybridized carbons (Fsp3) is 0.240. The van der Waals surface area contributed by atoms with E-state index < -0.39 is 43.3 Å². The van der Waals surface area contributed by atoms with Crippen LogP contribution in [0.15, 0.2) is 55.0 Å². The number of carbonyl (C=O) groups excluding carboxylic acids is 2. The Morgan fingerprint density at radius 2 is 1.88 bits per heavy atom.